The molecule has 0 aliphatic carbocycles. The van der Waals surface area contributed by atoms with Crippen molar-refractivity contribution < 1.29 is 36.9 Å². The lowest BCUT2D eigenvalue weighted by molar-refractivity contribution is 0.00895. The Labute approximate surface area is 311 Å². The zero-order valence-electron chi connectivity index (χ0n) is 29.2. The number of amides is 1. The van der Waals surface area contributed by atoms with Gasteiger partial charge in [0.15, 0.2) is 5.13 Å². The number of carbonyl (C=O) groups is 1. The predicted molar refractivity (Wildman–Crippen MR) is 196 cm³/mol. The summed E-state index contributed by atoms with van der Waals surface area (Å²) in [6.07, 6.45) is 0.288. The predicted octanol–water partition coefficient (Wildman–Crippen LogP) is 6.62. The van der Waals surface area contributed by atoms with Gasteiger partial charge in [-0.3, -0.25) is 4.90 Å². The molecule has 2 heterocycles. The largest absolute Gasteiger partial charge is 0.497 e. The number of rotatable bonds is 12. The Morgan fingerprint density at radius 3 is 2.54 bits per heavy atom. The summed E-state index contributed by atoms with van der Waals surface area (Å²) in [5, 5.41) is 24.9. The fourth-order valence-corrected chi connectivity index (χ4v) is 8.69. The number of aliphatic hydroxyl groups excluding tert-OH is 1. The number of methoxy groups -OCH3 is 2. The maximum atomic E-state index is 16.1. The zero-order valence-corrected chi connectivity index (χ0v) is 31.6. The van der Waals surface area contributed by atoms with Crippen molar-refractivity contribution in [3.05, 3.63) is 93.7 Å². The molecule has 2 unspecified atom stereocenters. The smallest absolute Gasteiger partial charge is 0.410 e. The molecule has 276 valence electrons. The van der Waals surface area contributed by atoms with Crippen molar-refractivity contribution >= 4 is 49.9 Å². The number of aliphatic hydroxyl groups is 1. The van der Waals surface area contributed by atoms with Gasteiger partial charge in [-0.15, -0.1) is 11.3 Å². The topological polar surface area (TPSA) is 154 Å². The molecule has 5 rings (SSSR count). The maximum Gasteiger partial charge on any atom is 0.410 e. The van der Waals surface area contributed by atoms with E-state index in [0.717, 1.165) is 33.3 Å². The number of sulfonamides is 1. The van der Waals surface area contributed by atoms with Gasteiger partial charge in [0.1, 0.15) is 27.8 Å². The Bertz CT molecular complexity index is 2050. The SMILES string of the molecule is COc1ccc(CN(c2nccs2)S(=O)(=O)c2cc(Cl)c(NCC3(Cc4ccc(C#N)cc4)CC(O)CN3C(=O)OC(C)(C)C)cc2F)c(OC)c1. The molecule has 2 atom stereocenters. The summed E-state index contributed by atoms with van der Waals surface area (Å²) >= 11 is 7.73. The second-order valence-corrected chi connectivity index (χ2v) is 16.4. The van der Waals surface area contributed by atoms with Gasteiger partial charge in [-0.05, 0) is 69.2 Å². The maximum absolute atomic E-state index is 16.1. The van der Waals surface area contributed by atoms with Gasteiger partial charge in [-0.2, -0.15) is 5.26 Å². The highest BCUT2D eigenvalue weighted by atomic mass is 35.5. The number of aromatic nitrogens is 1. The minimum absolute atomic E-state index is 0.0162. The molecule has 1 aromatic heterocycles. The lowest BCUT2D eigenvalue weighted by Gasteiger charge is -2.39. The number of benzene rings is 3. The number of likely N-dealkylation sites (tertiary alicyclic amines) is 1. The number of carbonyl (C=O) groups excluding carboxylic acids is 1. The molecule has 1 aliphatic rings. The molecule has 1 aliphatic heterocycles. The standard InChI is InChI=1S/C36H39ClFN5O7S2/c1-35(2,3)50-34(45)42-21-26(44)18-36(42,17-23-6-8-24(19-39)9-7-23)22-41-30-16-29(38)32(15-28(30)37)52(46,47)43(33-40-12-13-51-33)20-25-10-11-27(48-4)14-31(25)49-5/h6-16,26,41,44H,17-18,20-22H2,1-5H3. The van der Waals surface area contributed by atoms with Crippen molar-refractivity contribution in [3.8, 4) is 17.6 Å². The number of β-amino-alcohol motifs (C(OH)–C–C–N with tert-alkyl or cyclic N) is 1. The van der Waals surface area contributed by atoms with Crippen LogP contribution in [0, 0.1) is 17.1 Å². The Kier molecular flexibility index (Phi) is 11.5. The van der Waals surface area contributed by atoms with Gasteiger partial charge in [0.05, 0.1) is 61.3 Å². The first-order chi connectivity index (χ1) is 24.6. The van der Waals surface area contributed by atoms with Crippen molar-refractivity contribution in [1.29, 1.82) is 5.26 Å². The van der Waals surface area contributed by atoms with E-state index in [0.29, 0.717) is 22.6 Å². The Balaban J connectivity index is 1.48. The van der Waals surface area contributed by atoms with Crippen LogP contribution in [0.3, 0.4) is 0 Å². The van der Waals surface area contributed by atoms with Crippen molar-refractivity contribution in [1.82, 2.24) is 9.88 Å². The average molecular weight is 772 g/mol. The molecule has 16 heteroatoms. The lowest BCUT2D eigenvalue weighted by atomic mass is 9.87. The fourth-order valence-electron chi connectivity index (χ4n) is 6.05. The van der Waals surface area contributed by atoms with E-state index < -0.39 is 44.1 Å². The highest BCUT2D eigenvalue weighted by Gasteiger charge is 2.49. The van der Waals surface area contributed by atoms with Gasteiger partial charge in [-0.25, -0.2) is 26.9 Å². The molecule has 52 heavy (non-hydrogen) atoms. The zero-order chi connectivity index (χ0) is 37.8. The highest BCUT2D eigenvalue weighted by molar-refractivity contribution is 7.93. The molecular weight excluding hydrogens is 733 g/mol. The first-order valence-corrected chi connectivity index (χ1v) is 18.8. The van der Waals surface area contributed by atoms with Crippen LogP contribution in [-0.4, -0.2) is 74.1 Å². The molecule has 0 radical (unpaired) electrons. The van der Waals surface area contributed by atoms with Crippen molar-refractivity contribution in [2.45, 2.75) is 62.3 Å². The third-order valence-corrected chi connectivity index (χ3v) is 11.4. The molecule has 4 aromatic rings. The van der Waals surface area contributed by atoms with E-state index in [1.807, 2.05) is 0 Å². The Morgan fingerprint density at radius 1 is 1.19 bits per heavy atom. The summed E-state index contributed by atoms with van der Waals surface area (Å²) in [4.78, 5) is 18.5. The monoisotopic (exact) mass is 771 g/mol. The van der Waals surface area contributed by atoms with E-state index in [1.54, 1.807) is 68.6 Å². The van der Waals surface area contributed by atoms with Crippen molar-refractivity contribution in [2.75, 3.05) is 36.9 Å². The minimum Gasteiger partial charge on any atom is -0.497 e. The Morgan fingerprint density at radius 2 is 1.92 bits per heavy atom. The van der Waals surface area contributed by atoms with Gasteiger partial charge < -0.3 is 24.6 Å². The molecule has 0 bridgehead atoms. The number of nitriles is 1. The van der Waals surface area contributed by atoms with Crippen molar-refractivity contribution in [2.24, 2.45) is 0 Å². The molecule has 3 aromatic carbocycles. The number of anilines is 2. The summed E-state index contributed by atoms with van der Waals surface area (Å²) in [6.45, 7) is 4.94. The van der Waals surface area contributed by atoms with E-state index in [9.17, 15) is 23.6 Å². The second kappa shape index (κ2) is 15.5. The molecule has 1 amide bonds. The van der Waals surface area contributed by atoms with Crippen LogP contribution >= 0.6 is 22.9 Å². The number of hydrogen-bond donors (Lipinski definition) is 2. The lowest BCUT2D eigenvalue weighted by Crippen LogP contribution is -2.54. The molecule has 2 N–H and O–H groups in total. The molecule has 12 nitrogen and oxygen atoms in total. The van der Waals surface area contributed by atoms with Crippen LogP contribution in [0.5, 0.6) is 11.5 Å². The van der Waals surface area contributed by atoms with E-state index in [1.165, 1.54) is 25.3 Å². The third kappa shape index (κ3) is 8.53. The van der Waals surface area contributed by atoms with Crippen LogP contribution in [0.2, 0.25) is 5.02 Å². The minimum atomic E-state index is -4.58. The number of ether oxygens (including phenoxy) is 3. The van der Waals surface area contributed by atoms with Crippen LogP contribution in [0.25, 0.3) is 0 Å². The van der Waals surface area contributed by atoms with Gasteiger partial charge in [-0.1, -0.05) is 23.7 Å². The van der Waals surface area contributed by atoms with Crippen molar-refractivity contribution in [3.63, 3.8) is 0 Å². The summed E-state index contributed by atoms with van der Waals surface area (Å²) in [5.41, 5.74) is -0.123. The number of thiazole rings is 1. The Hall–Kier alpha value is -4.62. The van der Waals surface area contributed by atoms with Gasteiger partial charge in [0.25, 0.3) is 10.0 Å². The van der Waals surface area contributed by atoms with E-state index in [4.69, 9.17) is 25.8 Å². The summed E-state index contributed by atoms with van der Waals surface area (Å²) in [6, 6.07) is 15.9. The third-order valence-electron chi connectivity index (χ3n) is 8.45. The van der Waals surface area contributed by atoms with Gasteiger partial charge in [0.2, 0.25) is 0 Å². The molecular formula is C36H39ClFN5O7S2. The van der Waals surface area contributed by atoms with Crippen LogP contribution in [0.4, 0.5) is 20.0 Å². The number of hydrogen-bond acceptors (Lipinski definition) is 11. The summed E-state index contributed by atoms with van der Waals surface area (Å²) in [7, 11) is -1.65. The highest BCUT2D eigenvalue weighted by Crippen LogP contribution is 2.38. The summed E-state index contributed by atoms with van der Waals surface area (Å²) < 4.78 is 61.8. The van der Waals surface area contributed by atoms with Crippen LogP contribution < -0.4 is 19.1 Å². The first kappa shape index (κ1) is 38.6. The van der Waals surface area contributed by atoms with Gasteiger partial charge >= 0.3 is 6.09 Å². The molecule has 1 fully saturated rings. The molecule has 1 saturated heterocycles. The van der Waals surface area contributed by atoms with Crippen LogP contribution in [0.1, 0.15) is 43.9 Å². The summed E-state index contributed by atoms with van der Waals surface area (Å²) in [5.74, 6) is -0.210. The average Bonchev–Trinajstić information content (AvgIpc) is 3.75. The number of nitrogens with zero attached hydrogens (tertiary/aromatic N) is 4. The first-order valence-electron chi connectivity index (χ1n) is 16.1. The van der Waals surface area contributed by atoms with Gasteiger partial charge in [0, 0.05) is 36.2 Å². The van der Waals surface area contributed by atoms with E-state index in [-0.39, 0.29) is 48.3 Å². The van der Waals surface area contributed by atoms with Crippen LogP contribution in [-0.2, 0) is 27.7 Å². The number of nitrogens with one attached hydrogen (secondary N) is 1. The number of halogens is 2. The fraction of sp³-hybridized carbons (Fsp3) is 0.361. The van der Waals surface area contributed by atoms with Crippen LogP contribution in [0.15, 0.2) is 71.1 Å². The normalized spacial score (nSPS) is 17.4. The second-order valence-electron chi connectivity index (χ2n) is 13.3. The van der Waals surface area contributed by atoms with E-state index >= 15 is 4.39 Å². The molecule has 0 saturated carbocycles. The molecule has 0 spiro atoms. The quantitative estimate of drug-likeness (QED) is 0.161. The van der Waals surface area contributed by atoms with E-state index in [2.05, 4.69) is 16.4 Å².